The number of nitriles is 1. The number of alkyl halides is 2. The van der Waals surface area contributed by atoms with Crippen molar-refractivity contribution in [3.05, 3.63) is 30.5 Å². The van der Waals surface area contributed by atoms with Gasteiger partial charge in [-0.3, -0.25) is 0 Å². The van der Waals surface area contributed by atoms with Crippen LogP contribution < -0.4 is 10.1 Å². The second-order valence-electron chi connectivity index (χ2n) is 10.0. The van der Waals surface area contributed by atoms with E-state index in [-0.39, 0.29) is 11.5 Å². The zero-order valence-electron chi connectivity index (χ0n) is 21.0. The summed E-state index contributed by atoms with van der Waals surface area (Å²) in [7, 11) is 1.56. The van der Waals surface area contributed by atoms with Crippen molar-refractivity contribution in [2.45, 2.75) is 45.7 Å². The van der Waals surface area contributed by atoms with Crippen LogP contribution in [0.2, 0.25) is 0 Å². The number of nitrogens with zero attached hydrogens (tertiary/aromatic N) is 8. The lowest BCUT2D eigenvalue weighted by Gasteiger charge is -2.35. The average Bonchev–Trinajstić information content (AvgIpc) is 3.48. The van der Waals surface area contributed by atoms with Gasteiger partial charge in [0.25, 0.3) is 6.43 Å². The number of ether oxygens (including phenoxy) is 1. The summed E-state index contributed by atoms with van der Waals surface area (Å²) in [6.07, 6.45) is 1.14. The Morgan fingerprint density at radius 1 is 1.24 bits per heavy atom. The van der Waals surface area contributed by atoms with Crippen molar-refractivity contribution < 1.29 is 13.5 Å². The van der Waals surface area contributed by atoms with Crippen LogP contribution in [0.4, 0.5) is 14.7 Å². The number of hydrogen-bond donors (Lipinski definition) is 1. The number of fused-ring (bicyclic) bond motifs is 2. The van der Waals surface area contributed by atoms with E-state index >= 15 is 0 Å². The van der Waals surface area contributed by atoms with Crippen LogP contribution in [0.15, 0.2) is 30.5 Å². The molecule has 3 aromatic heterocycles. The summed E-state index contributed by atoms with van der Waals surface area (Å²) in [5.74, 6) is 0.877. The van der Waals surface area contributed by atoms with Gasteiger partial charge in [-0.25, -0.2) is 18.0 Å². The molecule has 12 heteroatoms. The molecule has 1 fully saturated rings. The Balaban J connectivity index is 1.37. The predicted molar refractivity (Wildman–Crippen MR) is 135 cm³/mol. The van der Waals surface area contributed by atoms with Crippen LogP contribution in [0, 0.1) is 16.7 Å². The smallest absolute Gasteiger partial charge is 0.258 e. The first kappa shape index (κ1) is 24.8. The molecule has 4 aromatic rings. The molecule has 0 saturated carbocycles. The molecule has 0 amide bonds. The molecule has 0 aliphatic carbocycles. The Hall–Kier alpha value is -3.85. The maximum atomic E-state index is 13.0. The molecule has 0 unspecified atom stereocenters. The highest BCUT2D eigenvalue weighted by atomic mass is 19.3. The van der Waals surface area contributed by atoms with Gasteiger partial charge in [0.1, 0.15) is 17.6 Å². The van der Waals surface area contributed by atoms with Crippen molar-refractivity contribution in [3.8, 4) is 23.1 Å². The summed E-state index contributed by atoms with van der Waals surface area (Å²) in [6, 6.07) is 9.90. The minimum atomic E-state index is -2.53. The Morgan fingerprint density at radius 2 is 2.03 bits per heavy atom. The van der Waals surface area contributed by atoms with E-state index in [4.69, 9.17) is 4.74 Å². The van der Waals surface area contributed by atoms with Gasteiger partial charge < -0.3 is 15.0 Å². The van der Waals surface area contributed by atoms with Gasteiger partial charge in [-0.2, -0.15) is 10.2 Å². The van der Waals surface area contributed by atoms with Crippen LogP contribution >= 0.6 is 0 Å². The molecule has 5 rings (SSSR count). The number of methoxy groups -OCH3 is 1. The van der Waals surface area contributed by atoms with Crippen LogP contribution in [0.25, 0.3) is 27.7 Å². The summed E-state index contributed by atoms with van der Waals surface area (Å²) in [5.41, 5.74) is 2.99. The number of anilines is 1. The highest BCUT2D eigenvalue weighted by Gasteiger charge is 2.26. The third-order valence-corrected chi connectivity index (χ3v) is 6.65. The quantitative estimate of drug-likeness (QED) is 0.382. The molecule has 0 bridgehead atoms. The number of benzene rings is 1. The third kappa shape index (κ3) is 5.17. The van der Waals surface area contributed by atoms with E-state index in [0.717, 1.165) is 43.6 Å². The fraction of sp³-hybridized carbons (Fsp3) is 0.480. The zero-order chi connectivity index (χ0) is 26.2. The molecule has 1 aromatic carbocycles. The van der Waals surface area contributed by atoms with Gasteiger partial charge in [0.15, 0.2) is 0 Å². The van der Waals surface area contributed by atoms with Crippen molar-refractivity contribution in [2.75, 3.05) is 32.1 Å². The van der Waals surface area contributed by atoms with Crippen LogP contribution in [0.5, 0.6) is 5.88 Å². The first-order valence-corrected chi connectivity index (χ1v) is 12.2. The van der Waals surface area contributed by atoms with Gasteiger partial charge >= 0.3 is 0 Å². The summed E-state index contributed by atoms with van der Waals surface area (Å²) < 4.78 is 34.5. The van der Waals surface area contributed by atoms with Crippen LogP contribution in [-0.4, -0.2) is 73.7 Å². The lowest BCUT2D eigenvalue weighted by atomic mass is 9.93. The van der Waals surface area contributed by atoms with Crippen LogP contribution in [0.3, 0.4) is 0 Å². The van der Waals surface area contributed by atoms with E-state index < -0.39 is 13.0 Å². The van der Waals surface area contributed by atoms with E-state index in [1.54, 1.807) is 23.8 Å². The Labute approximate surface area is 212 Å². The lowest BCUT2D eigenvalue weighted by Crippen LogP contribution is -2.43. The first-order chi connectivity index (χ1) is 17.8. The van der Waals surface area contributed by atoms with Crippen molar-refractivity contribution in [1.29, 1.82) is 5.26 Å². The van der Waals surface area contributed by atoms with Crippen LogP contribution in [0.1, 0.15) is 26.7 Å². The van der Waals surface area contributed by atoms with Crippen molar-refractivity contribution >= 4 is 22.5 Å². The molecule has 4 heterocycles. The Bertz CT molecular complexity index is 1450. The Kier molecular flexibility index (Phi) is 6.64. The van der Waals surface area contributed by atoms with Gasteiger partial charge in [0.2, 0.25) is 11.8 Å². The molecule has 1 saturated heterocycles. The highest BCUT2D eigenvalue weighted by molar-refractivity contribution is 5.89. The van der Waals surface area contributed by atoms with Gasteiger partial charge in [0, 0.05) is 37.4 Å². The molecule has 1 N–H and O–H groups in total. The molecule has 1 aliphatic rings. The van der Waals surface area contributed by atoms with Crippen molar-refractivity contribution in [3.63, 3.8) is 0 Å². The fourth-order valence-electron chi connectivity index (χ4n) is 4.84. The SMILES string of the molecule is COc1nc(NC2CCN(CC(C)(C)C#N)CC2)nn2ccc(-c3ccc4nnn(CC(F)F)c4c3)c12. The second-order valence-corrected chi connectivity index (χ2v) is 10.0. The van der Waals surface area contributed by atoms with Gasteiger partial charge in [-0.05, 0) is 50.5 Å². The number of nitrogens with one attached hydrogen (secondary N) is 1. The molecule has 0 atom stereocenters. The number of rotatable bonds is 8. The van der Waals surface area contributed by atoms with Gasteiger partial charge in [-0.15, -0.1) is 10.2 Å². The molecule has 37 heavy (non-hydrogen) atoms. The standard InChI is InChI=1S/C25H29F2N9O/c1-25(2,14-28)15-34-9-6-17(7-10-34)29-24-30-23(37-3)22-18(8-11-35(22)32-24)16-4-5-19-20(12-16)36(33-31-19)13-21(26)27/h4-5,8,11-12,17,21H,6-7,9-10,13,15H2,1-3H3,(H,29,32). The summed E-state index contributed by atoms with van der Waals surface area (Å²) in [5, 5.41) is 25.2. The number of aromatic nitrogens is 6. The number of likely N-dealkylation sites (tertiary alicyclic amines) is 1. The van der Waals surface area contributed by atoms with Gasteiger partial charge in [-0.1, -0.05) is 11.3 Å². The maximum absolute atomic E-state index is 13.0. The number of piperidine rings is 1. The Morgan fingerprint density at radius 3 is 2.73 bits per heavy atom. The highest BCUT2D eigenvalue weighted by Crippen LogP contribution is 2.33. The van der Waals surface area contributed by atoms with Crippen LogP contribution in [-0.2, 0) is 6.54 Å². The van der Waals surface area contributed by atoms with E-state index in [0.29, 0.717) is 28.4 Å². The van der Waals surface area contributed by atoms with E-state index in [1.807, 2.05) is 32.2 Å². The average molecular weight is 510 g/mol. The van der Waals surface area contributed by atoms with Crippen molar-refractivity contribution in [1.82, 2.24) is 34.5 Å². The topological polar surface area (TPSA) is 109 Å². The summed E-state index contributed by atoms with van der Waals surface area (Å²) >= 11 is 0. The maximum Gasteiger partial charge on any atom is 0.258 e. The van der Waals surface area contributed by atoms with Crippen molar-refractivity contribution in [2.24, 2.45) is 5.41 Å². The molecular formula is C25H29F2N9O. The fourth-order valence-corrected chi connectivity index (χ4v) is 4.84. The summed E-state index contributed by atoms with van der Waals surface area (Å²) in [4.78, 5) is 6.95. The number of halogens is 2. The number of hydrogen-bond acceptors (Lipinski definition) is 8. The minimum Gasteiger partial charge on any atom is -0.479 e. The molecule has 0 radical (unpaired) electrons. The van der Waals surface area contributed by atoms with Gasteiger partial charge in [0.05, 0.1) is 24.1 Å². The second kappa shape index (κ2) is 9.89. The normalized spacial score (nSPS) is 15.5. The largest absolute Gasteiger partial charge is 0.479 e. The first-order valence-electron chi connectivity index (χ1n) is 12.2. The third-order valence-electron chi connectivity index (χ3n) is 6.65. The molecule has 10 nitrogen and oxygen atoms in total. The molecule has 194 valence electrons. The minimum absolute atomic E-state index is 0.212. The van der Waals surface area contributed by atoms with E-state index in [1.165, 1.54) is 4.68 Å². The molecule has 0 spiro atoms. The molecular weight excluding hydrogens is 480 g/mol. The predicted octanol–water partition coefficient (Wildman–Crippen LogP) is 3.84. The van der Waals surface area contributed by atoms with E-state index in [2.05, 4.69) is 36.7 Å². The monoisotopic (exact) mass is 509 g/mol. The lowest BCUT2D eigenvalue weighted by molar-refractivity contribution is 0.122. The molecule has 1 aliphatic heterocycles. The summed E-state index contributed by atoms with van der Waals surface area (Å²) in [6.45, 7) is 5.96. The zero-order valence-corrected chi connectivity index (χ0v) is 21.0. The van der Waals surface area contributed by atoms with E-state index in [9.17, 15) is 14.0 Å².